The topological polar surface area (TPSA) is 63.1 Å². The van der Waals surface area contributed by atoms with Gasteiger partial charge in [0.2, 0.25) is 0 Å². The average Bonchev–Trinajstić information content (AvgIpc) is 2.34. The summed E-state index contributed by atoms with van der Waals surface area (Å²) in [5, 5.41) is 8.87. The maximum absolute atomic E-state index is 10.8. The van der Waals surface area contributed by atoms with Crippen LogP contribution in [0.2, 0.25) is 0 Å². The van der Waals surface area contributed by atoms with E-state index in [2.05, 4.69) is 25.9 Å². The number of benzene rings is 1. The first kappa shape index (κ1) is 13.7. The Labute approximate surface area is 119 Å². The quantitative estimate of drug-likeness (QED) is 0.943. The third-order valence-corrected chi connectivity index (χ3v) is 3.38. The van der Waals surface area contributed by atoms with Crippen molar-refractivity contribution in [2.24, 2.45) is 0 Å². The van der Waals surface area contributed by atoms with E-state index in [0.29, 0.717) is 22.8 Å². The molecule has 0 aliphatic rings. The molecule has 0 spiro atoms. The molecule has 0 unspecified atom stereocenters. The Morgan fingerprint density at radius 1 is 1.16 bits per heavy atom. The Morgan fingerprint density at radius 3 is 2.16 bits per heavy atom. The zero-order valence-electron chi connectivity index (χ0n) is 10.6. The summed E-state index contributed by atoms with van der Waals surface area (Å²) in [6, 6.07) is 7.70. The van der Waals surface area contributed by atoms with E-state index in [0.717, 1.165) is 10.0 Å². The van der Waals surface area contributed by atoms with E-state index in [4.69, 9.17) is 5.11 Å². The molecule has 5 heteroatoms. The Balaban J connectivity index is 2.44. The lowest BCUT2D eigenvalue weighted by molar-refractivity contribution is -0.136. The minimum atomic E-state index is -0.869. The van der Waals surface area contributed by atoms with Gasteiger partial charge in [-0.05, 0) is 26.0 Å². The number of halogens is 1. The molecule has 0 atom stereocenters. The van der Waals surface area contributed by atoms with Gasteiger partial charge in [0.25, 0.3) is 0 Å². The van der Waals surface area contributed by atoms with E-state index in [9.17, 15) is 4.79 Å². The highest BCUT2D eigenvalue weighted by Gasteiger charge is 2.12. The second-order valence-corrected chi connectivity index (χ2v) is 5.19. The molecule has 1 aromatic carbocycles. The molecule has 2 aromatic rings. The fraction of sp³-hybridized carbons (Fsp3) is 0.214. The molecule has 1 N–H and O–H groups in total. The number of carboxylic acids is 1. The third kappa shape index (κ3) is 3.17. The molecule has 19 heavy (non-hydrogen) atoms. The molecule has 0 amide bonds. The Bertz CT molecular complexity index is 601. The second-order valence-electron chi connectivity index (χ2n) is 4.27. The van der Waals surface area contributed by atoms with Crippen LogP contribution in [0.1, 0.15) is 17.0 Å². The SMILES string of the molecule is Cc1nc(-c2ccc(Br)cc2)nc(C)c1CC(=O)O. The maximum Gasteiger partial charge on any atom is 0.307 e. The predicted octanol–water partition coefficient (Wildman–Crippen LogP) is 3.15. The van der Waals surface area contributed by atoms with Crippen molar-refractivity contribution in [2.45, 2.75) is 20.3 Å². The summed E-state index contributed by atoms with van der Waals surface area (Å²) in [5.41, 5.74) is 3.03. The molecule has 0 bridgehead atoms. The van der Waals surface area contributed by atoms with Crippen molar-refractivity contribution in [3.05, 3.63) is 45.7 Å². The molecule has 1 aromatic heterocycles. The summed E-state index contributed by atoms with van der Waals surface area (Å²) in [5.74, 6) is -0.247. The Kier molecular flexibility index (Phi) is 3.95. The van der Waals surface area contributed by atoms with Crippen molar-refractivity contribution >= 4 is 21.9 Å². The highest BCUT2D eigenvalue weighted by atomic mass is 79.9. The normalized spacial score (nSPS) is 10.5. The standard InChI is InChI=1S/C14H13BrN2O2/c1-8-12(7-13(18)19)9(2)17-14(16-8)10-3-5-11(15)6-4-10/h3-6H,7H2,1-2H3,(H,18,19). The van der Waals surface area contributed by atoms with Crippen molar-refractivity contribution in [2.75, 3.05) is 0 Å². The molecule has 98 valence electrons. The van der Waals surface area contributed by atoms with E-state index < -0.39 is 5.97 Å². The van der Waals surface area contributed by atoms with Gasteiger partial charge in [-0.25, -0.2) is 9.97 Å². The molecular formula is C14H13BrN2O2. The van der Waals surface area contributed by atoms with Crippen molar-refractivity contribution in [3.63, 3.8) is 0 Å². The van der Waals surface area contributed by atoms with Gasteiger partial charge in [-0.3, -0.25) is 4.79 Å². The number of aromatic nitrogens is 2. The van der Waals surface area contributed by atoms with E-state index in [1.54, 1.807) is 0 Å². The summed E-state index contributed by atoms with van der Waals surface area (Å²) in [7, 11) is 0. The minimum absolute atomic E-state index is 0.0434. The van der Waals surface area contributed by atoms with Gasteiger partial charge in [0, 0.05) is 27.0 Å². The van der Waals surface area contributed by atoms with Crippen LogP contribution in [0.15, 0.2) is 28.7 Å². The number of rotatable bonds is 3. The molecule has 0 saturated heterocycles. The van der Waals surface area contributed by atoms with Gasteiger partial charge in [-0.1, -0.05) is 28.1 Å². The fourth-order valence-electron chi connectivity index (χ4n) is 1.87. The zero-order chi connectivity index (χ0) is 14.0. The molecule has 1 heterocycles. The molecule has 0 radical (unpaired) electrons. The van der Waals surface area contributed by atoms with Gasteiger partial charge in [0.1, 0.15) is 0 Å². The maximum atomic E-state index is 10.8. The number of hydrogen-bond donors (Lipinski definition) is 1. The lowest BCUT2D eigenvalue weighted by atomic mass is 10.1. The summed E-state index contributed by atoms with van der Waals surface area (Å²) < 4.78 is 0.993. The molecule has 0 saturated carbocycles. The van der Waals surface area contributed by atoms with Crippen LogP contribution in [0.5, 0.6) is 0 Å². The first-order valence-electron chi connectivity index (χ1n) is 5.79. The van der Waals surface area contributed by atoms with Crippen LogP contribution >= 0.6 is 15.9 Å². The number of aryl methyl sites for hydroxylation is 2. The smallest absolute Gasteiger partial charge is 0.307 e. The van der Waals surface area contributed by atoms with E-state index in [1.807, 2.05) is 38.1 Å². The highest BCUT2D eigenvalue weighted by molar-refractivity contribution is 9.10. The zero-order valence-corrected chi connectivity index (χ0v) is 12.2. The van der Waals surface area contributed by atoms with Crippen LogP contribution in [0.4, 0.5) is 0 Å². The first-order chi connectivity index (χ1) is 8.97. The van der Waals surface area contributed by atoms with Crippen LogP contribution in [-0.2, 0) is 11.2 Å². The molecule has 0 aliphatic carbocycles. The van der Waals surface area contributed by atoms with Gasteiger partial charge in [-0.2, -0.15) is 0 Å². The molecule has 2 rings (SSSR count). The highest BCUT2D eigenvalue weighted by Crippen LogP contribution is 2.21. The largest absolute Gasteiger partial charge is 0.481 e. The van der Waals surface area contributed by atoms with Crippen LogP contribution in [0, 0.1) is 13.8 Å². The van der Waals surface area contributed by atoms with Gasteiger partial charge in [0.05, 0.1) is 6.42 Å². The molecule has 0 fully saturated rings. The molecule has 4 nitrogen and oxygen atoms in total. The van der Waals surface area contributed by atoms with Gasteiger partial charge >= 0.3 is 5.97 Å². The van der Waals surface area contributed by atoms with Crippen molar-refractivity contribution in [1.82, 2.24) is 9.97 Å². The summed E-state index contributed by atoms with van der Waals surface area (Å²) >= 11 is 3.38. The van der Waals surface area contributed by atoms with Crippen LogP contribution in [0.25, 0.3) is 11.4 Å². The molecule has 0 aliphatic heterocycles. The van der Waals surface area contributed by atoms with Crippen molar-refractivity contribution in [3.8, 4) is 11.4 Å². The number of carboxylic acid groups (broad SMARTS) is 1. The lowest BCUT2D eigenvalue weighted by Gasteiger charge is -2.09. The van der Waals surface area contributed by atoms with Crippen LogP contribution < -0.4 is 0 Å². The van der Waals surface area contributed by atoms with E-state index in [1.165, 1.54) is 0 Å². The van der Waals surface area contributed by atoms with E-state index in [-0.39, 0.29) is 6.42 Å². The number of nitrogens with zero attached hydrogens (tertiary/aromatic N) is 2. The summed E-state index contributed by atoms with van der Waals surface area (Å²) in [6.07, 6.45) is -0.0434. The van der Waals surface area contributed by atoms with Crippen LogP contribution in [0.3, 0.4) is 0 Å². The second kappa shape index (κ2) is 5.48. The lowest BCUT2D eigenvalue weighted by Crippen LogP contribution is -2.08. The predicted molar refractivity (Wildman–Crippen MR) is 76.0 cm³/mol. The number of carbonyl (C=O) groups is 1. The number of aliphatic carboxylic acids is 1. The fourth-order valence-corrected chi connectivity index (χ4v) is 2.14. The third-order valence-electron chi connectivity index (χ3n) is 2.85. The van der Waals surface area contributed by atoms with Crippen molar-refractivity contribution in [1.29, 1.82) is 0 Å². The molecular weight excluding hydrogens is 308 g/mol. The van der Waals surface area contributed by atoms with Gasteiger partial charge in [0.15, 0.2) is 5.82 Å². The average molecular weight is 321 g/mol. The monoisotopic (exact) mass is 320 g/mol. The summed E-state index contributed by atoms with van der Waals surface area (Å²) in [6.45, 7) is 3.63. The number of hydrogen-bond acceptors (Lipinski definition) is 3. The Hall–Kier alpha value is -1.75. The summed E-state index contributed by atoms with van der Waals surface area (Å²) in [4.78, 5) is 19.6. The first-order valence-corrected chi connectivity index (χ1v) is 6.58. The Morgan fingerprint density at radius 2 is 1.68 bits per heavy atom. The van der Waals surface area contributed by atoms with E-state index >= 15 is 0 Å². The minimum Gasteiger partial charge on any atom is -0.481 e. The van der Waals surface area contributed by atoms with Gasteiger partial charge < -0.3 is 5.11 Å². The van der Waals surface area contributed by atoms with Gasteiger partial charge in [-0.15, -0.1) is 0 Å². The van der Waals surface area contributed by atoms with Crippen LogP contribution in [-0.4, -0.2) is 21.0 Å². The van der Waals surface area contributed by atoms with Crippen molar-refractivity contribution < 1.29 is 9.90 Å².